The quantitative estimate of drug-likeness (QED) is 0.842. The van der Waals surface area contributed by atoms with Gasteiger partial charge in [0.15, 0.2) is 0 Å². The number of piperidine rings is 1. The Morgan fingerprint density at radius 2 is 1.68 bits per heavy atom. The summed E-state index contributed by atoms with van der Waals surface area (Å²) in [6.45, 7) is 7.41. The van der Waals surface area contributed by atoms with Gasteiger partial charge in [-0.25, -0.2) is 4.39 Å². The van der Waals surface area contributed by atoms with Gasteiger partial charge in [0.1, 0.15) is 5.82 Å². The van der Waals surface area contributed by atoms with Crippen molar-refractivity contribution in [1.29, 1.82) is 0 Å². The summed E-state index contributed by atoms with van der Waals surface area (Å²) in [6.07, 6.45) is 3.31. The van der Waals surface area contributed by atoms with Crippen molar-refractivity contribution in [2.24, 2.45) is 5.92 Å². The number of benzene rings is 2. The summed E-state index contributed by atoms with van der Waals surface area (Å²) in [5.41, 5.74) is 2.12. The Morgan fingerprint density at radius 3 is 2.28 bits per heavy atom. The van der Waals surface area contributed by atoms with Crippen molar-refractivity contribution in [3.63, 3.8) is 0 Å². The van der Waals surface area contributed by atoms with E-state index < -0.39 is 5.60 Å². The average molecular weight is 341 g/mol. The van der Waals surface area contributed by atoms with Gasteiger partial charge in [-0.05, 0) is 67.5 Å². The minimum absolute atomic E-state index is 0.227. The van der Waals surface area contributed by atoms with Gasteiger partial charge in [0.2, 0.25) is 0 Å². The van der Waals surface area contributed by atoms with Crippen molar-refractivity contribution in [1.82, 2.24) is 4.90 Å². The molecule has 1 fully saturated rings. The molecule has 0 aromatic heterocycles. The first-order valence-electron chi connectivity index (χ1n) is 9.25. The maximum absolute atomic E-state index is 13.0. The van der Waals surface area contributed by atoms with Crippen molar-refractivity contribution in [3.05, 3.63) is 59.9 Å². The fraction of sp³-hybridized carbons (Fsp3) is 0.455. The number of likely N-dealkylation sites (tertiary alicyclic amines) is 1. The zero-order chi connectivity index (χ0) is 17.9. The van der Waals surface area contributed by atoms with Crippen molar-refractivity contribution >= 4 is 0 Å². The summed E-state index contributed by atoms with van der Waals surface area (Å²) in [6, 6.07) is 14.5. The molecule has 0 spiro atoms. The predicted molar refractivity (Wildman–Crippen MR) is 101 cm³/mol. The van der Waals surface area contributed by atoms with E-state index in [1.807, 2.05) is 31.2 Å². The number of halogens is 1. The molecule has 0 aliphatic carbocycles. The molecular formula is C22H28FNO. The Morgan fingerprint density at radius 1 is 1.08 bits per heavy atom. The van der Waals surface area contributed by atoms with Crippen molar-refractivity contribution in [2.75, 3.05) is 19.6 Å². The van der Waals surface area contributed by atoms with Crippen LogP contribution in [0.2, 0.25) is 0 Å². The number of rotatable bonds is 5. The Kier molecular flexibility index (Phi) is 5.55. The molecule has 2 aromatic carbocycles. The number of hydrogen-bond acceptors (Lipinski definition) is 2. The van der Waals surface area contributed by atoms with E-state index in [0.717, 1.165) is 48.7 Å². The third-order valence-electron chi connectivity index (χ3n) is 5.34. The molecule has 0 saturated carbocycles. The smallest absolute Gasteiger partial charge is 0.123 e. The maximum atomic E-state index is 13.0. The molecule has 3 heteroatoms. The highest BCUT2D eigenvalue weighted by molar-refractivity contribution is 5.63. The van der Waals surface area contributed by atoms with E-state index in [2.05, 4.69) is 11.8 Å². The zero-order valence-corrected chi connectivity index (χ0v) is 15.2. The molecule has 1 saturated heterocycles. The van der Waals surface area contributed by atoms with Crippen LogP contribution < -0.4 is 0 Å². The van der Waals surface area contributed by atoms with Gasteiger partial charge in [0, 0.05) is 13.1 Å². The van der Waals surface area contributed by atoms with Crippen LogP contribution >= 0.6 is 0 Å². The predicted octanol–water partition coefficient (Wildman–Crippen LogP) is 4.82. The summed E-state index contributed by atoms with van der Waals surface area (Å²) in [5.74, 6) is 0.532. The fourth-order valence-corrected chi connectivity index (χ4v) is 3.67. The largest absolute Gasteiger partial charge is 0.385 e. The number of nitrogens with zero attached hydrogens (tertiary/aromatic N) is 1. The third kappa shape index (κ3) is 4.68. The first kappa shape index (κ1) is 18.1. The SMILES string of the molecule is CC1CCCN(CCC(C)(O)c2ccc(-c3ccc(F)cc3)cc2)C1. The van der Waals surface area contributed by atoms with Crippen LogP contribution in [0.3, 0.4) is 0 Å². The van der Waals surface area contributed by atoms with Gasteiger partial charge in [-0.15, -0.1) is 0 Å². The highest BCUT2D eigenvalue weighted by atomic mass is 19.1. The number of hydrogen-bond donors (Lipinski definition) is 1. The minimum atomic E-state index is -0.831. The molecule has 0 radical (unpaired) electrons. The highest BCUT2D eigenvalue weighted by Gasteiger charge is 2.25. The lowest BCUT2D eigenvalue weighted by atomic mass is 9.90. The second-order valence-corrected chi connectivity index (χ2v) is 7.66. The van der Waals surface area contributed by atoms with Crippen LogP contribution in [-0.4, -0.2) is 29.6 Å². The van der Waals surface area contributed by atoms with Crippen LogP contribution in [0.4, 0.5) is 4.39 Å². The van der Waals surface area contributed by atoms with Crippen molar-refractivity contribution in [2.45, 2.75) is 38.7 Å². The third-order valence-corrected chi connectivity index (χ3v) is 5.34. The van der Waals surface area contributed by atoms with E-state index in [0.29, 0.717) is 0 Å². The first-order valence-corrected chi connectivity index (χ1v) is 9.25. The second-order valence-electron chi connectivity index (χ2n) is 7.66. The van der Waals surface area contributed by atoms with E-state index in [1.165, 1.54) is 25.0 Å². The van der Waals surface area contributed by atoms with Gasteiger partial charge < -0.3 is 10.0 Å². The normalized spacial score (nSPS) is 21.0. The Labute approximate surface area is 150 Å². The molecule has 3 rings (SSSR count). The summed E-state index contributed by atoms with van der Waals surface area (Å²) in [4.78, 5) is 2.47. The molecule has 134 valence electrons. The monoisotopic (exact) mass is 341 g/mol. The Balaban J connectivity index is 1.64. The maximum Gasteiger partial charge on any atom is 0.123 e. The van der Waals surface area contributed by atoms with Crippen LogP contribution in [0, 0.1) is 11.7 Å². The molecule has 0 bridgehead atoms. The van der Waals surface area contributed by atoms with Crippen LogP contribution in [0.5, 0.6) is 0 Å². The molecule has 1 N–H and O–H groups in total. The van der Waals surface area contributed by atoms with Gasteiger partial charge in [-0.1, -0.05) is 43.3 Å². The lowest BCUT2D eigenvalue weighted by molar-refractivity contribution is 0.0309. The van der Waals surface area contributed by atoms with Crippen LogP contribution in [0.15, 0.2) is 48.5 Å². The van der Waals surface area contributed by atoms with E-state index in [-0.39, 0.29) is 5.82 Å². The molecule has 25 heavy (non-hydrogen) atoms. The average Bonchev–Trinajstić information content (AvgIpc) is 2.61. The topological polar surface area (TPSA) is 23.5 Å². The summed E-state index contributed by atoms with van der Waals surface area (Å²) >= 11 is 0. The molecule has 0 amide bonds. The molecule has 1 aliphatic heterocycles. The molecule has 2 atom stereocenters. The van der Waals surface area contributed by atoms with Gasteiger partial charge in [-0.2, -0.15) is 0 Å². The molecule has 1 heterocycles. The zero-order valence-electron chi connectivity index (χ0n) is 15.2. The van der Waals surface area contributed by atoms with Crippen LogP contribution in [-0.2, 0) is 5.60 Å². The lowest BCUT2D eigenvalue weighted by Crippen LogP contribution is -2.37. The minimum Gasteiger partial charge on any atom is -0.385 e. The lowest BCUT2D eigenvalue weighted by Gasteiger charge is -2.33. The molecule has 2 unspecified atom stereocenters. The van der Waals surface area contributed by atoms with Gasteiger partial charge >= 0.3 is 0 Å². The first-order chi connectivity index (χ1) is 11.9. The number of aliphatic hydroxyl groups is 1. The summed E-state index contributed by atoms with van der Waals surface area (Å²) < 4.78 is 13.0. The van der Waals surface area contributed by atoms with E-state index >= 15 is 0 Å². The highest BCUT2D eigenvalue weighted by Crippen LogP contribution is 2.28. The van der Waals surface area contributed by atoms with E-state index in [4.69, 9.17) is 0 Å². The van der Waals surface area contributed by atoms with E-state index in [1.54, 1.807) is 12.1 Å². The summed E-state index contributed by atoms with van der Waals surface area (Å²) in [7, 11) is 0. The van der Waals surface area contributed by atoms with Gasteiger partial charge in [0.05, 0.1) is 5.60 Å². The van der Waals surface area contributed by atoms with Crippen LogP contribution in [0.1, 0.15) is 38.7 Å². The fourth-order valence-electron chi connectivity index (χ4n) is 3.67. The van der Waals surface area contributed by atoms with Crippen molar-refractivity contribution in [3.8, 4) is 11.1 Å². The van der Waals surface area contributed by atoms with Crippen molar-refractivity contribution < 1.29 is 9.50 Å². The van der Waals surface area contributed by atoms with Crippen LogP contribution in [0.25, 0.3) is 11.1 Å². The summed E-state index contributed by atoms with van der Waals surface area (Å²) in [5, 5.41) is 10.9. The molecular weight excluding hydrogens is 313 g/mol. The Bertz CT molecular complexity index is 678. The van der Waals surface area contributed by atoms with Gasteiger partial charge in [-0.3, -0.25) is 0 Å². The van der Waals surface area contributed by atoms with E-state index in [9.17, 15) is 9.50 Å². The molecule has 1 aliphatic rings. The molecule has 2 nitrogen and oxygen atoms in total. The molecule has 2 aromatic rings. The standard InChI is InChI=1S/C22H28FNO/c1-17-4-3-14-24(16-17)15-13-22(2,25)20-9-5-18(6-10-20)19-7-11-21(23)12-8-19/h5-12,17,25H,3-4,13-16H2,1-2H3. The van der Waals surface area contributed by atoms with Gasteiger partial charge in [0.25, 0.3) is 0 Å². The Hall–Kier alpha value is -1.71. The second kappa shape index (κ2) is 7.67.